The molecule has 2 aliphatic rings. The first kappa shape index (κ1) is 26.6. The first-order valence-corrected chi connectivity index (χ1v) is 13.4. The van der Waals surface area contributed by atoms with Gasteiger partial charge in [0.05, 0.1) is 0 Å². The number of phosphoric acid groups is 2. The van der Waals surface area contributed by atoms with Crippen LogP contribution in [0.25, 0.3) is 0 Å². The number of hydrogen-bond acceptors (Lipinski definition) is 11. The lowest BCUT2D eigenvalue weighted by atomic mass is 9.95. The van der Waals surface area contributed by atoms with Crippen molar-refractivity contribution in [1.82, 2.24) is 10.2 Å². The maximum atomic E-state index is 15.2. The average Bonchev–Trinajstić information content (AvgIpc) is 2.71. The van der Waals surface area contributed by atoms with E-state index in [2.05, 4.69) is 36.8 Å². The van der Waals surface area contributed by atoms with Crippen LogP contribution in [-0.4, -0.2) is 71.0 Å². The van der Waals surface area contributed by atoms with Gasteiger partial charge in [-0.25, -0.2) is 17.8 Å². The first-order valence-electron chi connectivity index (χ1n) is 7.80. The number of rotatable bonds is 8. The Morgan fingerprint density at radius 3 is 2.45 bits per heavy atom. The van der Waals surface area contributed by atoms with Crippen LogP contribution in [0.4, 0.5) is 4.39 Å². The van der Waals surface area contributed by atoms with E-state index in [9.17, 15) is 33.9 Å². The van der Waals surface area contributed by atoms with Crippen molar-refractivity contribution in [1.29, 1.82) is 0 Å². The largest absolute Gasteiger partial charge is 0.488 e. The monoisotopic (exact) mass is 530 g/mol. The minimum absolute atomic E-state index is 0.137. The lowest BCUT2D eigenvalue weighted by Crippen LogP contribution is -2.54. The molecule has 20 heteroatoms. The summed E-state index contributed by atoms with van der Waals surface area (Å²) >= 11 is 4.35. The van der Waals surface area contributed by atoms with Gasteiger partial charge in [0.25, 0.3) is 11.8 Å². The van der Waals surface area contributed by atoms with E-state index in [1.165, 1.54) is 0 Å². The molecule has 31 heavy (non-hydrogen) atoms. The summed E-state index contributed by atoms with van der Waals surface area (Å²) in [5, 5.41) is 23.0. The first-order chi connectivity index (χ1) is 13.8. The smallest absolute Gasteiger partial charge is 0.384 e. The quantitative estimate of drug-likeness (QED) is 0.187. The molecule has 2 aliphatic heterocycles. The highest BCUT2D eigenvalue weighted by Crippen LogP contribution is 2.66. The molecule has 0 radical (unpaired) electrons. The van der Waals surface area contributed by atoms with Crippen LogP contribution in [0.3, 0.4) is 0 Å². The van der Waals surface area contributed by atoms with Crippen molar-refractivity contribution < 1.29 is 66.0 Å². The highest BCUT2D eigenvalue weighted by Gasteiger charge is 2.64. The summed E-state index contributed by atoms with van der Waals surface area (Å²) in [5.74, 6) is -4.00. The van der Waals surface area contributed by atoms with E-state index < -0.39 is 58.7 Å². The molecular formula is C11H18FN2O13P3S. The number of alkyl halides is 1. The van der Waals surface area contributed by atoms with Crippen molar-refractivity contribution in [3.8, 4) is 0 Å². The van der Waals surface area contributed by atoms with Gasteiger partial charge >= 0.3 is 22.4 Å². The summed E-state index contributed by atoms with van der Waals surface area (Å²) in [6, 6.07) is 0. The van der Waals surface area contributed by atoms with Crippen LogP contribution in [-0.2, 0) is 43.6 Å². The zero-order valence-corrected chi connectivity index (χ0v) is 18.8. The van der Waals surface area contributed by atoms with E-state index in [0.717, 1.165) is 24.1 Å². The molecule has 0 aromatic heterocycles. The fourth-order valence-corrected chi connectivity index (χ4v) is 6.52. The number of hydrogen-bond donors (Lipinski definition) is 7. The fourth-order valence-electron chi connectivity index (χ4n) is 2.57. The Labute approximate surface area is 178 Å². The number of aliphatic hydroxyl groups excluding tert-OH is 1. The molecule has 2 rings (SSSR count). The third kappa shape index (κ3) is 6.47. The van der Waals surface area contributed by atoms with Crippen LogP contribution in [0.1, 0.15) is 6.92 Å². The summed E-state index contributed by atoms with van der Waals surface area (Å²) < 4.78 is 54.3. The molecule has 0 aromatic carbocycles. The van der Waals surface area contributed by atoms with Gasteiger partial charge in [-0.2, -0.15) is 4.31 Å². The van der Waals surface area contributed by atoms with Crippen molar-refractivity contribution in [3.63, 3.8) is 0 Å². The number of aliphatic hydroxyl groups is 2. The van der Waals surface area contributed by atoms with Crippen LogP contribution < -0.4 is 5.32 Å². The number of carbonyl (C=O) groups excluding carboxylic acids is 1. The van der Waals surface area contributed by atoms with E-state index in [-0.39, 0.29) is 5.82 Å². The fraction of sp³-hybridized carbons (Fsp3) is 0.545. The second kappa shape index (κ2) is 8.63. The molecule has 3 unspecified atom stereocenters. The Balaban J connectivity index is 2.16. The predicted molar refractivity (Wildman–Crippen MR) is 100 cm³/mol. The Hall–Kier alpha value is -0.610. The SMILES string of the molecule is C=C1NC(=O)C=CN1C1O[C@](F)(COP(O)(=S)OP(=O)(O)OP(=O)(O)O)[C@@H](O)[C@@]1(C)O. The van der Waals surface area contributed by atoms with Crippen molar-refractivity contribution in [2.24, 2.45) is 0 Å². The van der Waals surface area contributed by atoms with Crippen LogP contribution in [0.15, 0.2) is 24.7 Å². The maximum Gasteiger partial charge on any atom is 0.488 e. The zero-order chi connectivity index (χ0) is 24.0. The number of amides is 1. The molecule has 0 bridgehead atoms. The predicted octanol–water partition coefficient (Wildman–Crippen LogP) is -1.00. The second-order valence-electron chi connectivity index (χ2n) is 6.41. The standard InChI is InChI=1S/C11H18FN2O13P3S/c1-6-13-7(15)3-4-14(6)9-10(2,17)8(16)11(12,25-9)5-24-30(23,31)27-29(21,22)26-28(18,19)20/h3-4,8-9,16-17H,1,5H2,2H3,(H,13,15)(H,21,22)(H,23,31)(H2,18,19,20)/t8-,9?,10+,11+,30?/m0/s1. The molecule has 1 saturated heterocycles. The molecule has 0 spiro atoms. The number of ether oxygens (including phenoxy) is 1. The number of nitrogens with one attached hydrogen (secondary N) is 1. The number of nitrogens with zero attached hydrogens (tertiary/aromatic N) is 1. The maximum absolute atomic E-state index is 15.2. The molecule has 0 aromatic rings. The molecule has 7 N–H and O–H groups in total. The normalized spacial score (nSPS) is 35.5. The molecule has 178 valence electrons. The van der Waals surface area contributed by atoms with Crippen molar-refractivity contribution in [3.05, 3.63) is 24.7 Å². The van der Waals surface area contributed by atoms with Gasteiger partial charge in [0.2, 0.25) is 0 Å². The Morgan fingerprint density at radius 1 is 1.35 bits per heavy atom. The van der Waals surface area contributed by atoms with Crippen molar-refractivity contribution >= 4 is 40.1 Å². The topological polar surface area (TPSA) is 225 Å². The summed E-state index contributed by atoms with van der Waals surface area (Å²) in [6.07, 6.45) is -1.96. The Kier molecular flexibility index (Phi) is 7.42. The molecule has 2 heterocycles. The second-order valence-corrected chi connectivity index (χ2v) is 12.2. The molecule has 1 fully saturated rings. The lowest BCUT2D eigenvalue weighted by Gasteiger charge is -2.36. The van der Waals surface area contributed by atoms with Crippen LogP contribution in [0.2, 0.25) is 0 Å². The van der Waals surface area contributed by atoms with Crippen LogP contribution in [0.5, 0.6) is 0 Å². The van der Waals surface area contributed by atoms with Gasteiger partial charge in [-0.3, -0.25) is 4.79 Å². The zero-order valence-electron chi connectivity index (χ0n) is 15.3. The van der Waals surface area contributed by atoms with Gasteiger partial charge in [-0.1, -0.05) is 6.58 Å². The van der Waals surface area contributed by atoms with Crippen LogP contribution in [0, 0.1) is 0 Å². The minimum Gasteiger partial charge on any atom is -0.384 e. The molecule has 0 saturated carbocycles. The van der Waals surface area contributed by atoms with E-state index >= 15 is 4.39 Å². The third-order valence-electron chi connectivity index (χ3n) is 3.83. The van der Waals surface area contributed by atoms with E-state index in [0.29, 0.717) is 0 Å². The molecule has 6 atom stereocenters. The Bertz CT molecular complexity index is 940. The van der Waals surface area contributed by atoms with Gasteiger partial charge in [0.15, 0.2) is 6.23 Å². The highest BCUT2D eigenvalue weighted by atomic mass is 32.5. The van der Waals surface area contributed by atoms with Gasteiger partial charge < -0.3 is 49.3 Å². The van der Waals surface area contributed by atoms with E-state index in [4.69, 9.17) is 14.5 Å². The molecule has 0 aliphatic carbocycles. The van der Waals surface area contributed by atoms with E-state index in [1.807, 2.05) is 0 Å². The average molecular weight is 530 g/mol. The molecule has 1 amide bonds. The van der Waals surface area contributed by atoms with Gasteiger partial charge in [-0.05, 0) is 18.7 Å². The Morgan fingerprint density at radius 2 is 1.94 bits per heavy atom. The highest BCUT2D eigenvalue weighted by molar-refractivity contribution is 8.08. The van der Waals surface area contributed by atoms with Gasteiger partial charge in [-0.15, -0.1) is 0 Å². The third-order valence-corrected chi connectivity index (χ3v) is 8.53. The summed E-state index contributed by atoms with van der Waals surface area (Å²) in [6.45, 7) is -1.90. The summed E-state index contributed by atoms with van der Waals surface area (Å²) in [4.78, 5) is 48.3. The summed E-state index contributed by atoms with van der Waals surface area (Å²) in [5.41, 5.74) is -2.36. The lowest BCUT2D eigenvalue weighted by molar-refractivity contribution is -0.206. The van der Waals surface area contributed by atoms with Gasteiger partial charge in [0.1, 0.15) is 24.1 Å². The number of carbonyl (C=O) groups is 1. The van der Waals surface area contributed by atoms with Gasteiger partial charge in [0, 0.05) is 12.3 Å². The van der Waals surface area contributed by atoms with Crippen LogP contribution >= 0.6 is 22.4 Å². The minimum atomic E-state index is -5.65. The van der Waals surface area contributed by atoms with E-state index in [1.54, 1.807) is 0 Å². The van der Waals surface area contributed by atoms with Crippen molar-refractivity contribution in [2.45, 2.75) is 30.7 Å². The van der Waals surface area contributed by atoms with Crippen molar-refractivity contribution in [2.75, 3.05) is 6.61 Å². The number of halogens is 1. The molecule has 15 nitrogen and oxygen atoms in total. The summed E-state index contributed by atoms with van der Waals surface area (Å²) in [7, 11) is -11.2. The molecular weight excluding hydrogens is 512 g/mol.